The van der Waals surface area contributed by atoms with Crippen LogP contribution in [-0.2, 0) is 13.1 Å². The van der Waals surface area contributed by atoms with Gasteiger partial charge in [-0.15, -0.1) is 0 Å². The van der Waals surface area contributed by atoms with Crippen LogP contribution in [0.1, 0.15) is 32.2 Å². The number of aryl methyl sites for hydroxylation is 1. The average molecular weight is 169 g/mol. The molecule has 0 amide bonds. The normalized spacial score (nSPS) is 8.67. The molecule has 68 valence electrons. The zero-order valence-electron chi connectivity index (χ0n) is 7.97. The fraction of sp³-hybridized carbons (Fsp3) is 0.500. The molecule has 1 rings (SSSR count). The van der Waals surface area contributed by atoms with Crippen LogP contribution < -0.4 is 0 Å². The van der Waals surface area contributed by atoms with Gasteiger partial charge in [-0.1, -0.05) is 26.8 Å². The molecule has 0 unspecified atom stereocenters. The van der Waals surface area contributed by atoms with Crippen LogP contribution in [0.3, 0.4) is 0 Å². The van der Waals surface area contributed by atoms with Crippen LogP contribution in [0.15, 0.2) is 18.2 Å². The average Bonchev–Trinajstić information content (AvgIpc) is 2.21. The minimum absolute atomic E-state index is 0.464. The van der Waals surface area contributed by atoms with E-state index in [1.165, 1.54) is 0 Å². The smallest absolute Gasteiger partial charge is 0.131 e. The Balaban J connectivity index is 0.000000561. The highest BCUT2D eigenvalue weighted by Gasteiger charge is 1.92. The lowest BCUT2D eigenvalue weighted by Gasteiger charge is -1.96. The van der Waals surface area contributed by atoms with E-state index in [0.717, 1.165) is 12.1 Å². The van der Waals surface area contributed by atoms with Gasteiger partial charge in [-0.3, -0.25) is 4.98 Å². The van der Waals surface area contributed by atoms with Gasteiger partial charge in [-0.2, -0.15) is 0 Å². The Morgan fingerprint density at radius 3 is 2.33 bits per heavy atom. The van der Waals surface area contributed by atoms with Gasteiger partial charge in [0.05, 0.1) is 5.69 Å². The second-order valence-electron chi connectivity index (χ2n) is 2.11. The van der Waals surface area contributed by atoms with E-state index in [9.17, 15) is 4.39 Å². The second-order valence-corrected chi connectivity index (χ2v) is 2.11. The van der Waals surface area contributed by atoms with Crippen LogP contribution >= 0.6 is 0 Å². The highest BCUT2D eigenvalue weighted by atomic mass is 19.1. The van der Waals surface area contributed by atoms with Crippen molar-refractivity contribution in [3.63, 3.8) is 0 Å². The van der Waals surface area contributed by atoms with Crippen LogP contribution in [0.4, 0.5) is 4.39 Å². The van der Waals surface area contributed by atoms with Crippen molar-refractivity contribution in [3.8, 4) is 0 Å². The molecular weight excluding hydrogens is 153 g/mol. The molecule has 0 atom stereocenters. The molecule has 0 radical (unpaired) electrons. The van der Waals surface area contributed by atoms with Crippen molar-refractivity contribution in [2.75, 3.05) is 0 Å². The minimum Gasteiger partial charge on any atom is -0.255 e. The number of hydrogen-bond donors (Lipinski definition) is 0. The molecule has 12 heavy (non-hydrogen) atoms. The number of alkyl halides is 1. The molecule has 0 saturated carbocycles. The number of rotatable bonds is 2. The Morgan fingerprint density at radius 1 is 1.25 bits per heavy atom. The van der Waals surface area contributed by atoms with E-state index in [-0.39, 0.29) is 0 Å². The van der Waals surface area contributed by atoms with Crippen molar-refractivity contribution in [2.24, 2.45) is 0 Å². The van der Waals surface area contributed by atoms with Crippen LogP contribution in [0.25, 0.3) is 0 Å². The summed E-state index contributed by atoms with van der Waals surface area (Å²) < 4.78 is 12.0. The summed E-state index contributed by atoms with van der Waals surface area (Å²) in [6.07, 6.45) is 0.869. The van der Waals surface area contributed by atoms with Gasteiger partial charge < -0.3 is 0 Å². The van der Waals surface area contributed by atoms with Crippen molar-refractivity contribution in [2.45, 2.75) is 33.9 Å². The van der Waals surface area contributed by atoms with E-state index in [1.807, 2.05) is 32.9 Å². The molecule has 0 bridgehead atoms. The third-order valence-electron chi connectivity index (χ3n) is 1.36. The van der Waals surface area contributed by atoms with Gasteiger partial charge in [0.25, 0.3) is 0 Å². The maximum atomic E-state index is 12.0. The maximum Gasteiger partial charge on any atom is 0.131 e. The van der Waals surface area contributed by atoms with Gasteiger partial charge in [0.1, 0.15) is 6.67 Å². The summed E-state index contributed by atoms with van der Waals surface area (Å²) in [6, 6.07) is 5.43. The van der Waals surface area contributed by atoms with Gasteiger partial charge in [-0.05, 0) is 18.6 Å². The van der Waals surface area contributed by atoms with Crippen molar-refractivity contribution in [1.29, 1.82) is 0 Å². The standard InChI is InChI=1S/C8H10FN.C2H6/c1-2-7-4-3-5-8(6-9)10-7;1-2/h3-5H,2,6H2,1H3;1-2H3. The Morgan fingerprint density at radius 2 is 1.83 bits per heavy atom. The molecule has 1 aromatic rings. The number of pyridine rings is 1. The molecule has 2 heteroatoms. The first-order chi connectivity index (χ1) is 5.86. The molecule has 0 aromatic carbocycles. The summed E-state index contributed by atoms with van der Waals surface area (Å²) in [7, 11) is 0. The molecule has 0 aliphatic carbocycles. The largest absolute Gasteiger partial charge is 0.255 e. The van der Waals surface area contributed by atoms with E-state index < -0.39 is 6.67 Å². The highest BCUT2D eigenvalue weighted by Crippen LogP contribution is 2.00. The maximum absolute atomic E-state index is 12.0. The Labute approximate surface area is 73.6 Å². The molecule has 1 heterocycles. The Bertz CT molecular complexity index is 191. The summed E-state index contributed by atoms with van der Waals surface area (Å²) in [5, 5.41) is 0. The molecule has 0 fully saturated rings. The molecule has 0 N–H and O–H groups in total. The third kappa shape index (κ3) is 3.46. The molecule has 0 saturated heterocycles. The fourth-order valence-electron chi connectivity index (χ4n) is 0.801. The molecule has 0 spiro atoms. The zero-order chi connectivity index (χ0) is 9.40. The third-order valence-corrected chi connectivity index (χ3v) is 1.36. The van der Waals surface area contributed by atoms with Crippen molar-refractivity contribution in [3.05, 3.63) is 29.6 Å². The summed E-state index contributed by atoms with van der Waals surface area (Å²) in [4.78, 5) is 4.03. The number of nitrogens with zero attached hydrogens (tertiary/aromatic N) is 1. The number of aromatic nitrogens is 1. The summed E-state index contributed by atoms with van der Waals surface area (Å²) in [6.45, 7) is 5.54. The summed E-state index contributed by atoms with van der Waals surface area (Å²) in [5.74, 6) is 0. The molecule has 1 nitrogen and oxygen atoms in total. The van der Waals surface area contributed by atoms with Gasteiger partial charge in [0.15, 0.2) is 0 Å². The van der Waals surface area contributed by atoms with E-state index in [2.05, 4.69) is 4.98 Å². The van der Waals surface area contributed by atoms with E-state index in [1.54, 1.807) is 6.07 Å². The lowest BCUT2D eigenvalue weighted by atomic mass is 10.3. The number of halogens is 1. The van der Waals surface area contributed by atoms with Gasteiger partial charge in [0, 0.05) is 5.69 Å². The summed E-state index contributed by atoms with van der Waals surface area (Å²) >= 11 is 0. The van der Waals surface area contributed by atoms with Crippen molar-refractivity contribution >= 4 is 0 Å². The molecule has 1 aromatic heterocycles. The van der Waals surface area contributed by atoms with E-state index >= 15 is 0 Å². The van der Waals surface area contributed by atoms with Crippen LogP contribution in [0.5, 0.6) is 0 Å². The van der Waals surface area contributed by atoms with Gasteiger partial charge in [0.2, 0.25) is 0 Å². The van der Waals surface area contributed by atoms with Gasteiger partial charge >= 0.3 is 0 Å². The highest BCUT2D eigenvalue weighted by molar-refractivity contribution is 5.10. The molecule has 0 aliphatic rings. The molecular formula is C10H16FN. The Hall–Kier alpha value is -0.920. The van der Waals surface area contributed by atoms with E-state index in [4.69, 9.17) is 0 Å². The van der Waals surface area contributed by atoms with Crippen LogP contribution in [0, 0.1) is 0 Å². The van der Waals surface area contributed by atoms with Crippen molar-refractivity contribution in [1.82, 2.24) is 4.98 Å². The fourth-order valence-corrected chi connectivity index (χ4v) is 0.801. The minimum atomic E-state index is -0.464. The lowest BCUT2D eigenvalue weighted by molar-refractivity contribution is 0.475. The molecule has 0 aliphatic heterocycles. The quantitative estimate of drug-likeness (QED) is 0.662. The monoisotopic (exact) mass is 169 g/mol. The van der Waals surface area contributed by atoms with Gasteiger partial charge in [-0.25, -0.2) is 4.39 Å². The first-order valence-electron chi connectivity index (χ1n) is 4.37. The predicted octanol–water partition coefficient (Wildman–Crippen LogP) is 3.14. The first-order valence-corrected chi connectivity index (χ1v) is 4.37. The Kier molecular flexibility index (Phi) is 6.25. The zero-order valence-corrected chi connectivity index (χ0v) is 7.97. The topological polar surface area (TPSA) is 12.9 Å². The summed E-state index contributed by atoms with van der Waals surface area (Å²) in [5.41, 5.74) is 1.48. The van der Waals surface area contributed by atoms with E-state index in [0.29, 0.717) is 5.69 Å². The SMILES string of the molecule is CC.CCc1cccc(CF)n1. The second kappa shape index (κ2) is 6.77. The van der Waals surface area contributed by atoms with Crippen molar-refractivity contribution < 1.29 is 4.39 Å². The lowest BCUT2D eigenvalue weighted by Crippen LogP contribution is -1.90. The first kappa shape index (κ1) is 11.1. The predicted molar refractivity (Wildman–Crippen MR) is 49.8 cm³/mol. The van der Waals surface area contributed by atoms with Crippen LogP contribution in [-0.4, -0.2) is 4.98 Å². The number of hydrogen-bond acceptors (Lipinski definition) is 1. The van der Waals surface area contributed by atoms with Crippen LogP contribution in [0.2, 0.25) is 0 Å².